The number of hydrogen-bond acceptors (Lipinski definition) is 1. The molecule has 0 saturated heterocycles. The highest BCUT2D eigenvalue weighted by Crippen LogP contribution is 2.45. The third-order valence-electron chi connectivity index (χ3n) is 2.74. The first-order chi connectivity index (χ1) is 6.42. The largest absolute Gasteiger partial charge is 0.421 e. The zero-order valence-corrected chi connectivity index (χ0v) is 7.57. The maximum atomic E-state index is 13.1. The molecule has 1 aliphatic carbocycles. The van der Waals surface area contributed by atoms with E-state index in [9.17, 15) is 17.6 Å². The Bertz CT molecular complexity index is 234. The molecule has 0 radical (unpaired) electrons. The minimum absolute atomic E-state index is 0.0180. The zero-order valence-electron chi connectivity index (χ0n) is 7.57. The number of halogens is 4. The quantitative estimate of drug-likeness (QED) is 0.607. The normalized spacial score (nSPS) is 23.9. The Balaban J connectivity index is 2.84. The number of nitriles is 1. The van der Waals surface area contributed by atoms with Gasteiger partial charge in [0.05, 0.1) is 11.5 Å². The smallest absolute Gasteiger partial charge is 0.236 e. The van der Waals surface area contributed by atoms with Crippen LogP contribution in [0.15, 0.2) is 0 Å². The summed E-state index contributed by atoms with van der Waals surface area (Å²) in [5.74, 6) is 0. The van der Waals surface area contributed by atoms with Gasteiger partial charge in [0.2, 0.25) is 6.17 Å². The molecule has 1 unspecified atom stereocenters. The third kappa shape index (κ3) is 1.99. The lowest BCUT2D eigenvalue weighted by atomic mass is 9.72. The van der Waals surface area contributed by atoms with Crippen molar-refractivity contribution in [2.24, 2.45) is 5.41 Å². The van der Waals surface area contributed by atoms with Crippen molar-refractivity contribution in [3.63, 3.8) is 0 Å². The van der Waals surface area contributed by atoms with Gasteiger partial charge in [-0.1, -0.05) is 19.3 Å². The van der Waals surface area contributed by atoms with E-state index in [0.717, 1.165) is 6.42 Å². The lowest BCUT2D eigenvalue weighted by molar-refractivity contribution is -0.208. The molecule has 1 saturated carbocycles. The highest BCUT2D eigenvalue weighted by molar-refractivity contribution is 5.07. The molecule has 1 fully saturated rings. The van der Waals surface area contributed by atoms with Crippen molar-refractivity contribution >= 4 is 0 Å². The molecular formula is C9H11F4N. The summed E-state index contributed by atoms with van der Waals surface area (Å²) in [5.41, 5.74) is -1.82. The number of hydrogen-bond donors (Lipinski definition) is 0. The van der Waals surface area contributed by atoms with Crippen LogP contribution in [0.5, 0.6) is 0 Å². The fourth-order valence-corrected chi connectivity index (χ4v) is 1.92. The van der Waals surface area contributed by atoms with Crippen LogP contribution >= 0.6 is 0 Å². The van der Waals surface area contributed by atoms with E-state index < -0.39 is 17.8 Å². The van der Waals surface area contributed by atoms with Gasteiger partial charge in [-0.05, 0) is 12.8 Å². The summed E-state index contributed by atoms with van der Waals surface area (Å²) in [6, 6.07) is 1.53. The van der Waals surface area contributed by atoms with Crippen LogP contribution in [0, 0.1) is 16.7 Å². The maximum absolute atomic E-state index is 13.1. The van der Waals surface area contributed by atoms with Crippen LogP contribution in [-0.4, -0.2) is 12.3 Å². The van der Waals surface area contributed by atoms with Crippen molar-refractivity contribution in [3.8, 4) is 6.07 Å². The molecule has 0 amide bonds. The molecule has 0 aromatic heterocycles. The van der Waals surface area contributed by atoms with Crippen molar-refractivity contribution in [1.29, 1.82) is 5.26 Å². The Morgan fingerprint density at radius 3 is 2.00 bits per heavy atom. The molecule has 0 aromatic rings. The summed E-state index contributed by atoms with van der Waals surface area (Å²) in [6.07, 6.45) is -6.08. The Hall–Kier alpha value is -0.790. The lowest BCUT2D eigenvalue weighted by Gasteiger charge is -2.34. The molecule has 0 bridgehead atoms. The first-order valence-electron chi connectivity index (χ1n) is 4.54. The van der Waals surface area contributed by atoms with Crippen molar-refractivity contribution in [2.75, 3.05) is 0 Å². The Labute approximate surface area is 79.7 Å². The second-order valence-electron chi connectivity index (χ2n) is 3.73. The van der Waals surface area contributed by atoms with Gasteiger partial charge in [-0.25, -0.2) is 4.39 Å². The summed E-state index contributed by atoms with van der Waals surface area (Å²) in [5, 5.41) is 8.69. The minimum Gasteiger partial charge on any atom is -0.236 e. The maximum Gasteiger partial charge on any atom is 0.421 e. The van der Waals surface area contributed by atoms with Crippen LogP contribution in [0.3, 0.4) is 0 Å². The third-order valence-corrected chi connectivity index (χ3v) is 2.74. The van der Waals surface area contributed by atoms with E-state index in [1.54, 1.807) is 0 Å². The summed E-state index contributed by atoms with van der Waals surface area (Å²) in [6.45, 7) is 0. The molecule has 0 spiro atoms. The van der Waals surface area contributed by atoms with E-state index in [2.05, 4.69) is 0 Å². The first kappa shape index (κ1) is 11.3. The SMILES string of the molecule is N#CC1(C(F)C(F)(F)F)CCCCC1. The molecule has 80 valence electrons. The summed E-state index contributed by atoms with van der Waals surface area (Å²) in [4.78, 5) is 0. The zero-order chi connectivity index (χ0) is 10.8. The van der Waals surface area contributed by atoms with E-state index in [1.807, 2.05) is 0 Å². The van der Waals surface area contributed by atoms with Crippen molar-refractivity contribution in [1.82, 2.24) is 0 Å². The van der Waals surface area contributed by atoms with Crippen LogP contribution in [0.1, 0.15) is 32.1 Å². The van der Waals surface area contributed by atoms with Crippen LogP contribution in [0.2, 0.25) is 0 Å². The van der Waals surface area contributed by atoms with Gasteiger partial charge < -0.3 is 0 Å². The molecule has 5 heteroatoms. The molecular weight excluding hydrogens is 198 g/mol. The fourth-order valence-electron chi connectivity index (χ4n) is 1.92. The van der Waals surface area contributed by atoms with Gasteiger partial charge in [0.25, 0.3) is 0 Å². The van der Waals surface area contributed by atoms with E-state index in [4.69, 9.17) is 5.26 Å². The van der Waals surface area contributed by atoms with Crippen molar-refractivity contribution < 1.29 is 17.6 Å². The predicted octanol–water partition coefficient (Wildman–Crippen LogP) is 3.36. The van der Waals surface area contributed by atoms with Crippen molar-refractivity contribution in [2.45, 2.75) is 44.5 Å². The van der Waals surface area contributed by atoms with Gasteiger partial charge in [0.1, 0.15) is 0 Å². The summed E-state index contributed by atoms with van der Waals surface area (Å²) < 4.78 is 49.5. The first-order valence-corrected chi connectivity index (χ1v) is 4.54. The number of alkyl halides is 4. The highest BCUT2D eigenvalue weighted by Gasteiger charge is 2.55. The Kier molecular flexibility index (Phi) is 3.03. The van der Waals surface area contributed by atoms with Crippen LogP contribution < -0.4 is 0 Å². The highest BCUT2D eigenvalue weighted by atomic mass is 19.4. The lowest BCUT2D eigenvalue weighted by Crippen LogP contribution is -2.42. The topological polar surface area (TPSA) is 23.8 Å². The predicted molar refractivity (Wildman–Crippen MR) is 42.1 cm³/mol. The molecule has 0 aliphatic heterocycles. The van der Waals surface area contributed by atoms with Gasteiger partial charge in [0, 0.05) is 0 Å². The average Bonchev–Trinajstić information content (AvgIpc) is 2.16. The molecule has 1 nitrogen and oxygen atoms in total. The van der Waals surface area contributed by atoms with Gasteiger partial charge in [0.15, 0.2) is 0 Å². The van der Waals surface area contributed by atoms with Crippen LogP contribution in [-0.2, 0) is 0 Å². The fraction of sp³-hybridized carbons (Fsp3) is 0.889. The van der Waals surface area contributed by atoms with Gasteiger partial charge in [-0.2, -0.15) is 18.4 Å². The molecule has 0 aromatic carbocycles. The molecule has 0 N–H and O–H groups in total. The van der Waals surface area contributed by atoms with Crippen molar-refractivity contribution in [3.05, 3.63) is 0 Å². The van der Waals surface area contributed by atoms with E-state index >= 15 is 0 Å². The Morgan fingerprint density at radius 1 is 1.14 bits per heavy atom. The summed E-state index contributed by atoms with van der Waals surface area (Å²) >= 11 is 0. The Morgan fingerprint density at radius 2 is 1.64 bits per heavy atom. The number of nitrogens with zero attached hydrogens (tertiary/aromatic N) is 1. The summed E-state index contributed by atoms with van der Waals surface area (Å²) in [7, 11) is 0. The van der Waals surface area contributed by atoms with E-state index in [0.29, 0.717) is 12.8 Å². The standard InChI is InChI=1S/C9H11F4N/c10-7(9(11,12)13)8(6-14)4-2-1-3-5-8/h7H,1-5H2. The molecule has 1 rings (SSSR count). The van der Waals surface area contributed by atoms with Gasteiger partial charge in [-0.3, -0.25) is 0 Å². The molecule has 0 heterocycles. The average molecular weight is 209 g/mol. The van der Waals surface area contributed by atoms with E-state index in [1.165, 1.54) is 6.07 Å². The van der Waals surface area contributed by atoms with E-state index in [-0.39, 0.29) is 12.8 Å². The number of rotatable bonds is 1. The molecule has 1 atom stereocenters. The minimum atomic E-state index is -4.91. The van der Waals surface area contributed by atoms with Crippen LogP contribution in [0.25, 0.3) is 0 Å². The molecule has 14 heavy (non-hydrogen) atoms. The van der Waals surface area contributed by atoms with Gasteiger partial charge >= 0.3 is 6.18 Å². The molecule has 1 aliphatic rings. The van der Waals surface area contributed by atoms with Gasteiger partial charge in [-0.15, -0.1) is 0 Å². The monoisotopic (exact) mass is 209 g/mol. The van der Waals surface area contributed by atoms with Crippen LogP contribution in [0.4, 0.5) is 17.6 Å². The second kappa shape index (κ2) is 3.76. The second-order valence-corrected chi connectivity index (χ2v) is 3.73.